The molecule has 0 atom stereocenters. The van der Waals surface area contributed by atoms with Gasteiger partial charge in [0.1, 0.15) is 6.33 Å². The largest absolute Gasteiger partial charge is 0.368 e. The summed E-state index contributed by atoms with van der Waals surface area (Å²) in [6.45, 7) is 2.59. The zero-order valence-corrected chi connectivity index (χ0v) is 18.4. The van der Waals surface area contributed by atoms with Gasteiger partial charge in [0.15, 0.2) is 0 Å². The monoisotopic (exact) mass is 460 g/mol. The molecule has 0 unspecified atom stereocenters. The maximum Gasteiger partial charge on any atom is 0.353 e. The van der Waals surface area contributed by atoms with Gasteiger partial charge >= 0.3 is 5.69 Å². The molecule has 1 aliphatic heterocycles. The lowest BCUT2D eigenvalue weighted by Gasteiger charge is -2.36. The van der Waals surface area contributed by atoms with E-state index < -0.39 is 4.92 Å². The lowest BCUT2D eigenvalue weighted by Crippen LogP contribution is -2.47. The lowest BCUT2D eigenvalue weighted by atomic mass is 10.1. The van der Waals surface area contributed by atoms with Crippen LogP contribution in [0.25, 0.3) is 10.8 Å². The topological polar surface area (TPSA) is 87.4 Å². The molecule has 33 heavy (non-hydrogen) atoms. The van der Waals surface area contributed by atoms with Crippen molar-refractivity contribution >= 4 is 51.1 Å². The summed E-state index contributed by atoms with van der Waals surface area (Å²) < 4.78 is 0. The van der Waals surface area contributed by atoms with Gasteiger partial charge in [0, 0.05) is 48.0 Å². The van der Waals surface area contributed by atoms with Crippen LogP contribution in [0, 0.1) is 10.1 Å². The van der Waals surface area contributed by atoms with Crippen LogP contribution in [0.15, 0.2) is 73.1 Å². The van der Waals surface area contributed by atoms with Crippen molar-refractivity contribution in [3.8, 4) is 0 Å². The highest BCUT2D eigenvalue weighted by molar-refractivity contribution is 6.30. The van der Waals surface area contributed by atoms with E-state index in [2.05, 4.69) is 20.2 Å². The van der Waals surface area contributed by atoms with Gasteiger partial charge in [-0.25, -0.2) is 9.97 Å². The molecule has 0 amide bonds. The van der Waals surface area contributed by atoms with Crippen LogP contribution in [0.5, 0.6) is 0 Å². The number of halogens is 1. The Hall–Kier alpha value is -3.91. The molecule has 3 aromatic carbocycles. The highest BCUT2D eigenvalue weighted by Gasteiger charge is 2.29. The van der Waals surface area contributed by atoms with Crippen LogP contribution in [-0.2, 0) is 0 Å². The number of benzene rings is 3. The molecule has 1 saturated heterocycles. The van der Waals surface area contributed by atoms with Gasteiger partial charge in [-0.3, -0.25) is 10.1 Å². The SMILES string of the molecule is O=[N+]([O-])c1c(Nc2cccc3ccccc23)ncnc1N1CCN(c2cccc(Cl)c2)CC1. The predicted molar refractivity (Wildman–Crippen MR) is 132 cm³/mol. The Labute approximate surface area is 195 Å². The molecular formula is C24H21ClN6O2. The van der Waals surface area contributed by atoms with Crippen molar-refractivity contribution in [3.63, 3.8) is 0 Å². The third-order valence-electron chi connectivity index (χ3n) is 5.78. The molecule has 4 aromatic rings. The number of nitrogens with one attached hydrogen (secondary N) is 1. The van der Waals surface area contributed by atoms with E-state index in [0.717, 1.165) is 22.1 Å². The molecule has 1 fully saturated rings. The molecule has 166 valence electrons. The zero-order valence-electron chi connectivity index (χ0n) is 17.7. The third-order valence-corrected chi connectivity index (χ3v) is 6.02. The van der Waals surface area contributed by atoms with Gasteiger partial charge < -0.3 is 15.1 Å². The van der Waals surface area contributed by atoms with Crippen molar-refractivity contribution in [1.82, 2.24) is 9.97 Å². The lowest BCUT2D eigenvalue weighted by molar-refractivity contribution is -0.383. The van der Waals surface area contributed by atoms with E-state index in [9.17, 15) is 10.1 Å². The van der Waals surface area contributed by atoms with E-state index in [4.69, 9.17) is 11.6 Å². The van der Waals surface area contributed by atoms with Crippen molar-refractivity contribution in [2.45, 2.75) is 0 Å². The van der Waals surface area contributed by atoms with Crippen LogP contribution in [0.1, 0.15) is 0 Å². The van der Waals surface area contributed by atoms with E-state index in [1.54, 1.807) is 0 Å². The van der Waals surface area contributed by atoms with Crippen molar-refractivity contribution in [2.75, 3.05) is 41.3 Å². The second-order valence-corrected chi connectivity index (χ2v) is 8.19. The molecule has 2 heterocycles. The molecule has 1 N–H and O–H groups in total. The summed E-state index contributed by atoms with van der Waals surface area (Å²) >= 11 is 6.13. The summed E-state index contributed by atoms with van der Waals surface area (Å²) in [5.41, 5.74) is 1.67. The second kappa shape index (κ2) is 8.91. The van der Waals surface area contributed by atoms with E-state index in [1.807, 2.05) is 71.6 Å². The molecule has 0 radical (unpaired) electrons. The van der Waals surface area contributed by atoms with Crippen molar-refractivity contribution in [1.29, 1.82) is 0 Å². The molecule has 9 heteroatoms. The fourth-order valence-corrected chi connectivity index (χ4v) is 4.36. The van der Waals surface area contributed by atoms with Crippen LogP contribution in [0.4, 0.5) is 28.7 Å². The van der Waals surface area contributed by atoms with Crippen molar-refractivity contribution in [2.24, 2.45) is 0 Å². The van der Waals surface area contributed by atoms with Crippen molar-refractivity contribution < 1.29 is 4.92 Å². The maximum absolute atomic E-state index is 12.1. The molecule has 0 spiro atoms. The van der Waals surface area contributed by atoms with Crippen LogP contribution in [0.3, 0.4) is 0 Å². The number of aromatic nitrogens is 2. The fraction of sp³-hybridized carbons (Fsp3) is 0.167. The Kier molecular flexibility index (Phi) is 5.66. The first-order valence-corrected chi connectivity index (χ1v) is 11.0. The van der Waals surface area contributed by atoms with Crippen molar-refractivity contribution in [3.05, 3.63) is 88.2 Å². The molecule has 8 nitrogen and oxygen atoms in total. The van der Waals surface area contributed by atoms with Crippen LogP contribution in [0.2, 0.25) is 5.02 Å². The Morgan fingerprint density at radius 3 is 2.42 bits per heavy atom. The summed E-state index contributed by atoms with van der Waals surface area (Å²) in [6.07, 6.45) is 1.37. The number of nitrogens with zero attached hydrogens (tertiary/aromatic N) is 5. The Bertz CT molecular complexity index is 1320. The summed E-state index contributed by atoms with van der Waals surface area (Å²) in [7, 11) is 0. The molecule has 0 aliphatic carbocycles. The highest BCUT2D eigenvalue weighted by Crippen LogP contribution is 2.36. The summed E-state index contributed by atoms with van der Waals surface area (Å²) in [5, 5.41) is 18.0. The smallest absolute Gasteiger partial charge is 0.353 e. The van der Waals surface area contributed by atoms with E-state index in [-0.39, 0.29) is 11.5 Å². The quantitative estimate of drug-likeness (QED) is 0.321. The molecule has 0 bridgehead atoms. The molecule has 1 aliphatic rings. The molecule has 1 aromatic heterocycles. The Balaban J connectivity index is 1.42. The minimum absolute atomic E-state index is 0.123. The minimum Gasteiger partial charge on any atom is -0.368 e. The first kappa shape index (κ1) is 21.0. The average molecular weight is 461 g/mol. The molecule has 0 saturated carbocycles. The summed E-state index contributed by atoms with van der Waals surface area (Å²) in [4.78, 5) is 24.3. The highest BCUT2D eigenvalue weighted by atomic mass is 35.5. The van der Waals surface area contributed by atoms with Crippen LogP contribution in [-0.4, -0.2) is 41.1 Å². The molecule has 5 rings (SSSR count). The van der Waals surface area contributed by atoms with E-state index >= 15 is 0 Å². The van der Waals surface area contributed by atoms with Gasteiger partial charge in [0.2, 0.25) is 11.6 Å². The van der Waals surface area contributed by atoms with Gasteiger partial charge in [-0.1, -0.05) is 54.1 Å². The van der Waals surface area contributed by atoms with Gasteiger partial charge in [0.05, 0.1) is 4.92 Å². The standard InChI is InChI=1S/C24H21ClN6O2/c25-18-7-4-8-19(15-18)29-11-13-30(14-12-29)24-22(31(32)33)23(26-16-27-24)28-21-10-3-6-17-5-1-2-9-20(17)21/h1-10,15-16H,11-14H2,(H,26,27,28). The molecular weight excluding hydrogens is 440 g/mol. The number of piperazine rings is 1. The number of rotatable bonds is 5. The van der Waals surface area contributed by atoms with E-state index in [1.165, 1.54) is 6.33 Å². The summed E-state index contributed by atoms with van der Waals surface area (Å²) in [5.74, 6) is 0.502. The second-order valence-electron chi connectivity index (χ2n) is 7.76. The predicted octanol–water partition coefficient (Wildman–Crippen LogP) is 5.26. The number of hydrogen-bond donors (Lipinski definition) is 1. The minimum atomic E-state index is -0.411. The normalized spacial score (nSPS) is 13.8. The number of fused-ring (bicyclic) bond motifs is 1. The zero-order chi connectivity index (χ0) is 22.8. The summed E-state index contributed by atoms with van der Waals surface area (Å²) in [6, 6.07) is 21.4. The van der Waals surface area contributed by atoms with Gasteiger partial charge in [-0.15, -0.1) is 0 Å². The average Bonchev–Trinajstić information content (AvgIpc) is 2.84. The van der Waals surface area contributed by atoms with Gasteiger partial charge in [0.25, 0.3) is 0 Å². The first-order valence-electron chi connectivity index (χ1n) is 10.6. The van der Waals surface area contributed by atoms with E-state index in [0.29, 0.717) is 37.0 Å². The Morgan fingerprint density at radius 1 is 0.909 bits per heavy atom. The third kappa shape index (κ3) is 4.25. The van der Waals surface area contributed by atoms with Gasteiger partial charge in [-0.05, 0) is 29.7 Å². The number of nitro groups is 1. The number of anilines is 4. The maximum atomic E-state index is 12.1. The van der Waals surface area contributed by atoms with Crippen LogP contribution < -0.4 is 15.1 Å². The number of hydrogen-bond acceptors (Lipinski definition) is 7. The first-order chi connectivity index (χ1) is 16.1. The Morgan fingerprint density at radius 2 is 1.64 bits per heavy atom. The van der Waals surface area contributed by atoms with Crippen LogP contribution >= 0.6 is 11.6 Å². The fourth-order valence-electron chi connectivity index (χ4n) is 4.17. The van der Waals surface area contributed by atoms with Gasteiger partial charge in [-0.2, -0.15) is 0 Å².